The van der Waals surface area contributed by atoms with Gasteiger partial charge in [-0.05, 0) is 30.9 Å². The number of aromatic carboxylic acids is 1. The zero-order valence-corrected chi connectivity index (χ0v) is 11.4. The Morgan fingerprint density at radius 1 is 1.47 bits per heavy atom. The fourth-order valence-electron chi connectivity index (χ4n) is 2.78. The van der Waals surface area contributed by atoms with E-state index < -0.39 is 5.97 Å². The highest BCUT2D eigenvalue weighted by atomic mass is 16.4. The van der Waals surface area contributed by atoms with E-state index in [1.807, 2.05) is 4.90 Å². The number of hydrogen-bond donors (Lipinski definition) is 1. The molecule has 0 bridgehead atoms. The molecule has 1 aromatic rings. The minimum Gasteiger partial charge on any atom is -0.477 e. The molecule has 5 nitrogen and oxygen atoms in total. The van der Waals surface area contributed by atoms with Crippen LogP contribution < -0.4 is 0 Å². The van der Waals surface area contributed by atoms with E-state index in [0.29, 0.717) is 5.92 Å². The number of amides is 1. The van der Waals surface area contributed by atoms with Gasteiger partial charge in [0.05, 0.1) is 0 Å². The van der Waals surface area contributed by atoms with E-state index in [2.05, 4.69) is 13.8 Å². The van der Waals surface area contributed by atoms with E-state index in [1.54, 1.807) is 12.3 Å². The van der Waals surface area contributed by atoms with E-state index in [4.69, 9.17) is 5.11 Å². The fourth-order valence-corrected chi connectivity index (χ4v) is 2.78. The van der Waals surface area contributed by atoms with Gasteiger partial charge in [-0.2, -0.15) is 0 Å². The lowest BCUT2D eigenvalue weighted by molar-refractivity contribution is -0.133. The first-order valence-electron chi connectivity index (χ1n) is 6.68. The highest BCUT2D eigenvalue weighted by Crippen LogP contribution is 2.24. The van der Waals surface area contributed by atoms with Crippen LogP contribution in [0.15, 0.2) is 18.3 Å². The minimum atomic E-state index is -1.00. The maximum absolute atomic E-state index is 12.3. The van der Waals surface area contributed by atoms with E-state index in [0.717, 1.165) is 19.4 Å². The molecule has 0 radical (unpaired) electrons. The lowest BCUT2D eigenvalue weighted by atomic mass is 10.0. The summed E-state index contributed by atoms with van der Waals surface area (Å²) in [6, 6.07) is 3.46. The van der Waals surface area contributed by atoms with Gasteiger partial charge in [-0.25, -0.2) is 4.79 Å². The van der Waals surface area contributed by atoms with Crippen LogP contribution in [0.4, 0.5) is 0 Å². The van der Waals surface area contributed by atoms with Crippen molar-refractivity contribution in [3.8, 4) is 0 Å². The van der Waals surface area contributed by atoms with Crippen molar-refractivity contribution in [1.29, 1.82) is 0 Å². The SMILES string of the molecule is CC(C)C1CCCN1C(=O)Cn1cccc1C(=O)O. The topological polar surface area (TPSA) is 62.5 Å². The molecule has 1 N–H and O–H groups in total. The summed E-state index contributed by atoms with van der Waals surface area (Å²) in [6.45, 7) is 5.13. The maximum Gasteiger partial charge on any atom is 0.352 e. The third-order valence-corrected chi connectivity index (χ3v) is 3.74. The largest absolute Gasteiger partial charge is 0.477 e. The average Bonchev–Trinajstić information content (AvgIpc) is 2.96. The number of carboxylic acids is 1. The zero-order chi connectivity index (χ0) is 14.0. The predicted molar refractivity (Wildman–Crippen MR) is 71.0 cm³/mol. The van der Waals surface area contributed by atoms with Crippen molar-refractivity contribution >= 4 is 11.9 Å². The first-order chi connectivity index (χ1) is 9.00. The van der Waals surface area contributed by atoms with Gasteiger partial charge in [0.2, 0.25) is 5.91 Å². The van der Waals surface area contributed by atoms with Gasteiger partial charge in [-0.3, -0.25) is 4.79 Å². The first kappa shape index (κ1) is 13.6. The molecule has 0 aliphatic carbocycles. The van der Waals surface area contributed by atoms with Gasteiger partial charge in [0, 0.05) is 18.8 Å². The first-order valence-corrected chi connectivity index (χ1v) is 6.68. The monoisotopic (exact) mass is 264 g/mol. The van der Waals surface area contributed by atoms with Crippen molar-refractivity contribution in [3.05, 3.63) is 24.0 Å². The lowest BCUT2D eigenvalue weighted by Crippen LogP contribution is -2.40. The Morgan fingerprint density at radius 2 is 2.21 bits per heavy atom. The number of hydrogen-bond acceptors (Lipinski definition) is 2. The van der Waals surface area contributed by atoms with Crippen LogP contribution in [0, 0.1) is 5.92 Å². The second-order valence-electron chi connectivity index (χ2n) is 5.37. The number of rotatable bonds is 4. The minimum absolute atomic E-state index is 0.00917. The normalized spacial score (nSPS) is 19.1. The van der Waals surface area contributed by atoms with Crippen LogP contribution in [0.25, 0.3) is 0 Å². The molecule has 2 heterocycles. The van der Waals surface area contributed by atoms with Gasteiger partial charge in [-0.1, -0.05) is 13.8 Å². The van der Waals surface area contributed by atoms with Crippen LogP contribution in [0.5, 0.6) is 0 Å². The van der Waals surface area contributed by atoms with Crippen LogP contribution in [0.1, 0.15) is 37.2 Å². The lowest BCUT2D eigenvalue weighted by Gasteiger charge is -2.28. The van der Waals surface area contributed by atoms with Crippen molar-refractivity contribution in [2.45, 2.75) is 39.3 Å². The Hall–Kier alpha value is -1.78. The number of nitrogens with zero attached hydrogens (tertiary/aromatic N) is 2. The highest BCUT2D eigenvalue weighted by Gasteiger charge is 2.30. The summed E-state index contributed by atoms with van der Waals surface area (Å²) in [5.41, 5.74) is 0.161. The molecule has 1 fully saturated rings. The van der Waals surface area contributed by atoms with Crippen molar-refractivity contribution in [2.24, 2.45) is 5.92 Å². The van der Waals surface area contributed by atoms with Crippen LogP contribution in [0.2, 0.25) is 0 Å². The van der Waals surface area contributed by atoms with Gasteiger partial charge in [0.25, 0.3) is 0 Å². The van der Waals surface area contributed by atoms with Crippen LogP contribution in [-0.2, 0) is 11.3 Å². The summed E-state index contributed by atoms with van der Waals surface area (Å²) >= 11 is 0. The molecular weight excluding hydrogens is 244 g/mol. The molecule has 0 aromatic carbocycles. The number of likely N-dealkylation sites (tertiary alicyclic amines) is 1. The number of carboxylic acid groups (broad SMARTS) is 1. The van der Waals surface area contributed by atoms with E-state index in [9.17, 15) is 9.59 Å². The maximum atomic E-state index is 12.3. The summed E-state index contributed by atoms with van der Waals surface area (Å²) in [5, 5.41) is 9.03. The van der Waals surface area contributed by atoms with E-state index >= 15 is 0 Å². The molecule has 104 valence electrons. The Balaban J connectivity index is 2.08. The molecule has 19 heavy (non-hydrogen) atoms. The van der Waals surface area contributed by atoms with Gasteiger partial charge in [-0.15, -0.1) is 0 Å². The molecule has 1 aromatic heterocycles. The van der Waals surface area contributed by atoms with E-state index in [-0.39, 0.29) is 24.2 Å². The molecule has 1 aliphatic heterocycles. The second-order valence-corrected chi connectivity index (χ2v) is 5.37. The zero-order valence-electron chi connectivity index (χ0n) is 11.4. The number of carbonyl (C=O) groups excluding carboxylic acids is 1. The molecule has 1 amide bonds. The molecular formula is C14H20N2O3. The number of aromatic nitrogens is 1. The summed E-state index contributed by atoms with van der Waals surface area (Å²) in [5.74, 6) is -0.551. The number of carbonyl (C=O) groups is 2. The average molecular weight is 264 g/mol. The molecule has 1 aliphatic rings. The van der Waals surface area contributed by atoms with Crippen LogP contribution >= 0.6 is 0 Å². The Kier molecular flexibility index (Phi) is 3.93. The molecule has 0 saturated carbocycles. The highest BCUT2D eigenvalue weighted by molar-refractivity contribution is 5.87. The van der Waals surface area contributed by atoms with Gasteiger partial charge in [0.15, 0.2) is 0 Å². The standard InChI is InChI=1S/C14H20N2O3/c1-10(2)11-5-4-8-16(11)13(17)9-15-7-3-6-12(15)14(18)19/h3,6-7,10-11H,4-5,8-9H2,1-2H3,(H,18,19). The summed E-state index contributed by atoms with van der Waals surface area (Å²) in [6.07, 6.45) is 3.72. The summed E-state index contributed by atoms with van der Waals surface area (Å²) in [4.78, 5) is 25.2. The molecule has 1 saturated heterocycles. The Bertz CT molecular complexity index is 479. The fraction of sp³-hybridized carbons (Fsp3) is 0.571. The van der Waals surface area contributed by atoms with Crippen molar-refractivity contribution in [2.75, 3.05) is 6.54 Å². The second kappa shape index (κ2) is 5.47. The molecule has 1 atom stereocenters. The van der Waals surface area contributed by atoms with E-state index in [1.165, 1.54) is 10.6 Å². The Labute approximate surface area is 112 Å². The van der Waals surface area contributed by atoms with Crippen LogP contribution in [0.3, 0.4) is 0 Å². The van der Waals surface area contributed by atoms with Crippen molar-refractivity contribution in [1.82, 2.24) is 9.47 Å². The summed E-state index contributed by atoms with van der Waals surface area (Å²) < 4.78 is 1.50. The predicted octanol–water partition coefficient (Wildman–Crippen LogP) is 1.83. The van der Waals surface area contributed by atoms with Gasteiger partial charge >= 0.3 is 5.97 Å². The smallest absolute Gasteiger partial charge is 0.352 e. The Morgan fingerprint density at radius 3 is 2.84 bits per heavy atom. The molecule has 2 rings (SSSR count). The van der Waals surface area contributed by atoms with Crippen molar-refractivity contribution in [3.63, 3.8) is 0 Å². The summed E-state index contributed by atoms with van der Waals surface area (Å²) in [7, 11) is 0. The van der Waals surface area contributed by atoms with Gasteiger partial charge in [0.1, 0.15) is 12.2 Å². The molecule has 0 spiro atoms. The molecule has 1 unspecified atom stereocenters. The third kappa shape index (κ3) is 2.80. The van der Waals surface area contributed by atoms with Gasteiger partial charge < -0.3 is 14.6 Å². The van der Waals surface area contributed by atoms with Crippen molar-refractivity contribution < 1.29 is 14.7 Å². The van der Waals surface area contributed by atoms with Crippen LogP contribution in [-0.4, -0.2) is 39.0 Å². The third-order valence-electron chi connectivity index (χ3n) is 3.74. The quantitative estimate of drug-likeness (QED) is 0.902. The molecule has 5 heteroatoms.